The Morgan fingerprint density at radius 3 is 2.88 bits per heavy atom. The number of aliphatic carboxylic acids is 1. The molecule has 0 aromatic heterocycles. The minimum absolute atomic E-state index is 0.00363. The molecule has 1 aliphatic heterocycles. The van der Waals surface area contributed by atoms with E-state index in [0.717, 1.165) is 17.9 Å². The molecule has 17 heavy (non-hydrogen) atoms. The zero-order valence-electron chi connectivity index (χ0n) is 9.52. The summed E-state index contributed by atoms with van der Waals surface area (Å²) in [5.41, 5.74) is 0. The van der Waals surface area contributed by atoms with Gasteiger partial charge in [-0.05, 0) is 12.2 Å². The average molecular weight is 256 g/mol. The molecule has 1 saturated heterocycles. The normalized spacial score (nSPS) is 17.7. The Hall–Kier alpha value is -1.35. The zero-order valence-corrected chi connectivity index (χ0v) is 10.3. The van der Waals surface area contributed by atoms with Gasteiger partial charge in [-0.1, -0.05) is 0 Å². The van der Waals surface area contributed by atoms with Gasteiger partial charge in [0.1, 0.15) is 6.04 Å². The number of thioether (sulfide) groups is 1. The number of carbonyl (C=O) groups is 2. The van der Waals surface area contributed by atoms with Crippen molar-refractivity contribution in [3.63, 3.8) is 0 Å². The van der Waals surface area contributed by atoms with E-state index < -0.39 is 12.0 Å². The quantitative estimate of drug-likeness (QED) is 0.726. The largest absolute Gasteiger partial charge is 0.480 e. The van der Waals surface area contributed by atoms with Crippen LogP contribution in [0.1, 0.15) is 12.8 Å². The minimum atomic E-state index is -1.10. The van der Waals surface area contributed by atoms with Crippen molar-refractivity contribution in [2.45, 2.75) is 18.9 Å². The molecule has 1 aliphatic rings. The molecule has 6 heteroatoms. The molecule has 0 spiro atoms. The number of hydrogen-bond donors (Lipinski definition) is 2. The standard InChI is InChI=1S/C11H16N2O3S/c1-2-4-9(10(14)15)12-11(16)13-5-3-7-17-8-6-13/h1,9H,3-8H2,(H,12,16)(H,14,15). The van der Waals surface area contributed by atoms with Crippen molar-refractivity contribution < 1.29 is 14.7 Å². The van der Waals surface area contributed by atoms with Crippen molar-refractivity contribution in [3.8, 4) is 12.3 Å². The molecule has 1 fully saturated rings. The molecule has 94 valence electrons. The zero-order chi connectivity index (χ0) is 12.7. The topological polar surface area (TPSA) is 69.6 Å². The molecule has 1 heterocycles. The highest BCUT2D eigenvalue weighted by Crippen LogP contribution is 2.10. The van der Waals surface area contributed by atoms with Crippen LogP contribution in [0.2, 0.25) is 0 Å². The number of rotatable bonds is 3. The van der Waals surface area contributed by atoms with E-state index in [1.165, 1.54) is 0 Å². The van der Waals surface area contributed by atoms with Crippen LogP contribution in [-0.2, 0) is 4.79 Å². The summed E-state index contributed by atoms with van der Waals surface area (Å²) in [5, 5.41) is 11.3. The maximum Gasteiger partial charge on any atom is 0.327 e. The van der Waals surface area contributed by atoms with E-state index in [0.29, 0.717) is 13.1 Å². The molecule has 1 unspecified atom stereocenters. The van der Waals surface area contributed by atoms with Gasteiger partial charge in [-0.15, -0.1) is 12.3 Å². The molecule has 0 saturated carbocycles. The van der Waals surface area contributed by atoms with E-state index in [-0.39, 0.29) is 12.5 Å². The highest BCUT2D eigenvalue weighted by atomic mass is 32.2. The molecular weight excluding hydrogens is 240 g/mol. The lowest BCUT2D eigenvalue weighted by molar-refractivity contribution is -0.139. The van der Waals surface area contributed by atoms with E-state index in [4.69, 9.17) is 11.5 Å². The van der Waals surface area contributed by atoms with Crippen LogP contribution < -0.4 is 5.32 Å². The third-order valence-electron chi connectivity index (χ3n) is 2.43. The number of carbonyl (C=O) groups excluding carboxylic acids is 1. The van der Waals surface area contributed by atoms with Gasteiger partial charge in [0.25, 0.3) is 0 Å². The molecule has 0 radical (unpaired) electrons. The fraction of sp³-hybridized carbons (Fsp3) is 0.636. The van der Waals surface area contributed by atoms with Crippen molar-refractivity contribution >= 4 is 23.8 Å². The lowest BCUT2D eigenvalue weighted by atomic mass is 10.2. The number of terminal acetylenes is 1. The summed E-state index contributed by atoms with van der Waals surface area (Å²) in [4.78, 5) is 24.3. The fourth-order valence-electron chi connectivity index (χ4n) is 1.51. The SMILES string of the molecule is C#CCC(NC(=O)N1CCCSCC1)C(=O)O. The van der Waals surface area contributed by atoms with E-state index in [2.05, 4.69) is 11.2 Å². The molecule has 0 aromatic rings. The first kappa shape index (κ1) is 13.7. The predicted octanol–water partition coefficient (Wildman–Crippen LogP) is 0.611. The molecule has 2 N–H and O–H groups in total. The van der Waals surface area contributed by atoms with Gasteiger partial charge < -0.3 is 15.3 Å². The lowest BCUT2D eigenvalue weighted by Gasteiger charge is -2.22. The predicted molar refractivity (Wildman–Crippen MR) is 66.9 cm³/mol. The van der Waals surface area contributed by atoms with E-state index in [1.54, 1.807) is 16.7 Å². The summed E-state index contributed by atoms with van der Waals surface area (Å²) < 4.78 is 0. The van der Waals surface area contributed by atoms with Crippen LogP contribution >= 0.6 is 11.8 Å². The lowest BCUT2D eigenvalue weighted by Crippen LogP contribution is -2.48. The second-order valence-electron chi connectivity index (χ2n) is 3.70. The molecule has 0 bridgehead atoms. The number of carboxylic acid groups (broad SMARTS) is 1. The van der Waals surface area contributed by atoms with Gasteiger partial charge in [0.2, 0.25) is 0 Å². The van der Waals surface area contributed by atoms with E-state index >= 15 is 0 Å². The van der Waals surface area contributed by atoms with E-state index in [9.17, 15) is 9.59 Å². The summed E-state index contributed by atoms with van der Waals surface area (Å²) in [5.74, 6) is 3.08. The Balaban J connectivity index is 2.50. The number of hydrogen-bond acceptors (Lipinski definition) is 3. The van der Waals surface area contributed by atoms with Crippen LogP contribution in [0.4, 0.5) is 4.79 Å². The Bertz CT molecular complexity index is 319. The Kier molecular flexibility index (Phi) is 5.70. The third kappa shape index (κ3) is 4.57. The fourth-order valence-corrected chi connectivity index (χ4v) is 2.39. The second kappa shape index (κ2) is 7.07. The smallest absolute Gasteiger partial charge is 0.327 e. The number of amides is 2. The van der Waals surface area contributed by atoms with Gasteiger partial charge in [0.05, 0.1) is 0 Å². The first-order chi connectivity index (χ1) is 8.15. The van der Waals surface area contributed by atoms with Gasteiger partial charge in [-0.3, -0.25) is 0 Å². The molecule has 0 aliphatic carbocycles. The highest BCUT2D eigenvalue weighted by molar-refractivity contribution is 7.99. The Morgan fingerprint density at radius 2 is 2.24 bits per heavy atom. The Morgan fingerprint density at radius 1 is 1.47 bits per heavy atom. The summed E-state index contributed by atoms with van der Waals surface area (Å²) in [7, 11) is 0. The van der Waals surface area contributed by atoms with E-state index in [1.807, 2.05) is 0 Å². The van der Waals surface area contributed by atoms with Gasteiger partial charge in [0.15, 0.2) is 0 Å². The first-order valence-corrected chi connectivity index (χ1v) is 6.60. The summed E-state index contributed by atoms with van der Waals surface area (Å²) in [6.45, 7) is 1.32. The number of urea groups is 1. The minimum Gasteiger partial charge on any atom is -0.480 e. The maximum absolute atomic E-state index is 11.8. The highest BCUT2D eigenvalue weighted by Gasteiger charge is 2.22. The van der Waals surface area contributed by atoms with Crippen molar-refractivity contribution in [2.75, 3.05) is 24.6 Å². The van der Waals surface area contributed by atoms with Gasteiger partial charge in [-0.2, -0.15) is 11.8 Å². The number of nitrogens with zero attached hydrogens (tertiary/aromatic N) is 1. The van der Waals surface area contributed by atoms with Crippen LogP contribution in [-0.4, -0.2) is 52.6 Å². The van der Waals surface area contributed by atoms with Crippen molar-refractivity contribution in [3.05, 3.63) is 0 Å². The van der Waals surface area contributed by atoms with Gasteiger partial charge >= 0.3 is 12.0 Å². The monoisotopic (exact) mass is 256 g/mol. The first-order valence-electron chi connectivity index (χ1n) is 5.44. The molecule has 2 amide bonds. The molecule has 5 nitrogen and oxygen atoms in total. The average Bonchev–Trinajstić information content (AvgIpc) is 2.56. The van der Waals surface area contributed by atoms with Crippen LogP contribution in [0.15, 0.2) is 0 Å². The van der Waals surface area contributed by atoms with Crippen LogP contribution in [0, 0.1) is 12.3 Å². The van der Waals surface area contributed by atoms with Crippen LogP contribution in [0.3, 0.4) is 0 Å². The van der Waals surface area contributed by atoms with Gasteiger partial charge in [0, 0.05) is 25.3 Å². The Labute approximate surface area is 105 Å². The van der Waals surface area contributed by atoms with Crippen molar-refractivity contribution in [2.24, 2.45) is 0 Å². The van der Waals surface area contributed by atoms with Crippen molar-refractivity contribution in [1.82, 2.24) is 10.2 Å². The number of nitrogens with one attached hydrogen (secondary N) is 1. The molecule has 0 aromatic carbocycles. The number of carboxylic acids is 1. The second-order valence-corrected chi connectivity index (χ2v) is 4.93. The summed E-state index contributed by atoms with van der Waals surface area (Å²) in [6, 6.07) is -1.33. The molecular formula is C11H16N2O3S. The van der Waals surface area contributed by atoms with Crippen LogP contribution in [0.5, 0.6) is 0 Å². The molecule has 1 atom stereocenters. The maximum atomic E-state index is 11.8. The van der Waals surface area contributed by atoms with Crippen LogP contribution in [0.25, 0.3) is 0 Å². The molecule has 1 rings (SSSR count). The van der Waals surface area contributed by atoms with Crippen molar-refractivity contribution in [1.29, 1.82) is 0 Å². The third-order valence-corrected chi connectivity index (χ3v) is 3.48. The summed E-state index contributed by atoms with van der Waals surface area (Å²) >= 11 is 1.80. The summed E-state index contributed by atoms with van der Waals surface area (Å²) in [6.07, 6.45) is 6.00. The van der Waals surface area contributed by atoms with Gasteiger partial charge in [-0.25, -0.2) is 9.59 Å².